The summed E-state index contributed by atoms with van der Waals surface area (Å²) in [6.45, 7) is 4.74. The van der Waals surface area contributed by atoms with E-state index in [9.17, 15) is 5.11 Å². The maximum Gasteiger partial charge on any atom is 0.326 e. The van der Waals surface area contributed by atoms with E-state index in [1.54, 1.807) is 17.2 Å². The summed E-state index contributed by atoms with van der Waals surface area (Å²) < 4.78 is 39.8. The van der Waals surface area contributed by atoms with E-state index in [0.717, 1.165) is 22.0 Å². The van der Waals surface area contributed by atoms with Gasteiger partial charge in [0.1, 0.15) is 0 Å². The molecule has 2 aliphatic heterocycles. The molecule has 0 spiro atoms. The minimum atomic E-state index is -3.20. The van der Waals surface area contributed by atoms with Crippen LogP contribution in [0.25, 0.3) is 10.9 Å². The number of hydrogen-bond donors (Lipinski definition) is 1. The number of aryl methyl sites for hydroxylation is 2. The Morgan fingerprint density at radius 1 is 1.07 bits per heavy atom. The summed E-state index contributed by atoms with van der Waals surface area (Å²) in [5.41, 5.74) is 1.84. The fraction of sp³-hybridized carbons (Fsp3) is 0.364. The second-order valence-corrected chi connectivity index (χ2v) is 7.62. The second kappa shape index (κ2) is 5.78. The van der Waals surface area contributed by atoms with Crippen LogP contribution in [0, 0.1) is 13.8 Å². The first kappa shape index (κ1) is 17.6. The monoisotopic (exact) mass is 384 g/mol. The number of rotatable bonds is 3. The summed E-state index contributed by atoms with van der Waals surface area (Å²) in [5, 5.41) is 10.2. The number of halogens is 2. The van der Waals surface area contributed by atoms with Gasteiger partial charge in [-0.15, -0.1) is 0 Å². The average molecular weight is 384 g/mol. The first-order valence-corrected chi connectivity index (χ1v) is 9.53. The Hall–Kier alpha value is -2.44. The number of alkyl halides is 2. The van der Waals surface area contributed by atoms with Crippen molar-refractivity contribution in [3.05, 3.63) is 64.8 Å². The van der Waals surface area contributed by atoms with Gasteiger partial charge in [-0.25, -0.2) is 0 Å². The summed E-state index contributed by atoms with van der Waals surface area (Å²) >= 11 is 0. The topological polar surface area (TPSA) is 37.6 Å². The Bertz CT molecular complexity index is 1090. The van der Waals surface area contributed by atoms with Gasteiger partial charge < -0.3 is 19.3 Å². The molecule has 0 bridgehead atoms. The van der Waals surface area contributed by atoms with Crippen molar-refractivity contribution in [1.82, 2.24) is 4.57 Å². The van der Waals surface area contributed by atoms with E-state index < -0.39 is 11.6 Å². The predicted molar refractivity (Wildman–Crippen MR) is 104 cm³/mol. The summed E-state index contributed by atoms with van der Waals surface area (Å²) in [6, 6.07) is 10.7. The Balaban J connectivity index is 1.85. The third-order valence-corrected chi connectivity index (χ3v) is 6.08. The molecule has 3 heterocycles. The van der Waals surface area contributed by atoms with Gasteiger partial charge in [-0.1, -0.05) is 36.4 Å². The first-order chi connectivity index (χ1) is 13.4. The Kier molecular flexibility index (Phi) is 3.64. The van der Waals surface area contributed by atoms with Gasteiger partial charge in [0.2, 0.25) is 5.72 Å². The number of benzene rings is 2. The number of fused-ring (bicyclic) bond motifs is 4. The van der Waals surface area contributed by atoms with Crippen LogP contribution >= 0.6 is 0 Å². The molecule has 0 aliphatic carbocycles. The number of para-hydroxylation sites is 2. The maximum absolute atomic E-state index is 16.0. The normalized spacial score (nSPS) is 22.7. The number of hydrogen-bond acceptors (Lipinski definition) is 3. The lowest BCUT2D eigenvalue weighted by Gasteiger charge is -2.36. The molecule has 146 valence electrons. The predicted octanol–water partition coefficient (Wildman–Crippen LogP) is 4.05. The second-order valence-electron chi connectivity index (χ2n) is 7.62. The van der Waals surface area contributed by atoms with Crippen molar-refractivity contribution in [2.24, 2.45) is 0 Å². The Morgan fingerprint density at radius 2 is 1.82 bits per heavy atom. The first-order valence-electron chi connectivity index (χ1n) is 9.53. The van der Waals surface area contributed by atoms with E-state index in [2.05, 4.69) is 0 Å². The van der Waals surface area contributed by atoms with Crippen LogP contribution < -0.4 is 4.90 Å². The number of ether oxygens (including phenoxy) is 1. The lowest BCUT2D eigenvalue weighted by Crippen LogP contribution is -2.49. The zero-order chi connectivity index (χ0) is 19.7. The fourth-order valence-corrected chi connectivity index (χ4v) is 5.00. The van der Waals surface area contributed by atoms with Crippen LogP contribution in [0.4, 0.5) is 14.5 Å². The van der Waals surface area contributed by atoms with E-state index in [0.29, 0.717) is 24.3 Å². The molecule has 4 nitrogen and oxygen atoms in total. The third-order valence-electron chi connectivity index (χ3n) is 6.08. The van der Waals surface area contributed by atoms with Crippen LogP contribution in [0.15, 0.2) is 42.6 Å². The average Bonchev–Trinajstić information content (AvgIpc) is 3.29. The summed E-state index contributed by atoms with van der Waals surface area (Å²) in [5.74, 6) is -3.20. The molecule has 1 fully saturated rings. The summed E-state index contributed by atoms with van der Waals surface area (Å²) in [7, 11) is 0. The molecule has 6 heteroatoms. The molecule has 1 atom stereocenters. The standard InChI is InChI=1S/C22H22F2N2O2/c1-14-5-3-7-16-18(13-25(9-11-27)19(14)16)22-21(23,24)17-8-4-6-15(2)20(17)26(22)10-12-28-22/h3-8,13,27H,9-12H2,1-2H3. The van der Waals surface area contributed by atoms with E-state index >= 15 is 8.78 Å². The van der Waals surface area contributed by atoms with Crippen LogP contribution in [0.2, 0.25) is 0 Å². The maximum atomic E-state index is 16.0. The highest BCUT2D eigenvalue weighted by atomic mass is 19.3. The van der Waals surface area contributed by atoms with Crippen molar-refractivity contribution in [3.8, 4) is 0 Å². The number of aromatic nitrogens is 1. The Morgan fingerprint density at radius 3 is 2.61 bits per heavy atom. The van der Waals surface area contributed by atoms with Crippen LogP contribution in [0.5, 0.6) is 0 Å². The molecule has 0 amide bonds. The van der Waals surface area contributed by atoms with Crippen LogP contribution in [0.1, 0.15) is 22.3 Å². The van der Waals surface area contributed by atoms with Crippen molar-refractivity contribution in [3.63, 3.8) is 0 Å². The molecular formula is C22H22F2N2O2. The van der Waals surface area contributed by atoms with Crippen molar-refractivity contribution < 1.29 is 18.6 Å². The summed E-state index contributed by atoms with van der Waals surface area (Å²) in [4.78, 5) is 1.73. The van der Waals surface area contributed by atoms with Crippen molar-refractivity contribution >= 4 is 16.6 Å². The van der Waals surface area contributed by atoms with Gasteiger partial charge in [0.15, 0.2) is 0 Å². The zero-order valence-corrected chi connectivity index (χ0v) is 15.9. The molecule has 0 saturated carbocycles. The van der Waals surface area contributed by atoms with Gasteiger partial charge in [-0.05, 0) is 25.0 Å². The molecule has 2 aliphatic rings. The molecule has 1 aromatic heterocycles. The summed E-state index contributed by atoms with van der Waals surface area (Å²) in [6.07, 6.45) is 1.74. The number of aliphatic hydroxyl groups excluding tert-OH is 1. The highest BCUT2D eigenvalue weighted by Gasteiger charge is 2.70. The molecule has 0 radical (unpaired) electrons. The zero-order valence-electron chi connectivity index (χ0n) is 15.9. The van der Waals surface area contributed by atoms with Crippen molar-refractivity contribution in [2.75, 3.05) is 24.7 Å². The van der Waals surface area contributed by atoms with Crippen molar-refractivity contribution in [2.45, 2.75) is 32.0 Å². The molecule has 1 saturated heterocycles. The smallest absolute Gasteiger partial charge is 0.326 e. The van der Waals surface area contributed by atoms with E-state index in [1.807, 2.05) is 42.7 Å². The van der Waals surface area contributed by atoms with Crippen LogP contribution in [-0.2, 0) is 22.9 Å². The van der Waals surface area contributed by atoms with Gasteiger partial charge in [0.25, 0.3) is 0 Å². The molecular weight excluding hydrogens is 362 g/mol. The van der Waals surface area contributed by atoms with Gasteiger partial charge in [-0.2, -0.15) is 8.78 Å². The quantitative estimate of drug-likeness (QED) is 0.741. The van der Waals surface area contributed by atoms with E-state index in [-0.39, 0.29) is 18.8 Å². The third kappa shape index (κ3) is 1.94. The van der Waals surface area contributed by atoms with E-state index in [4.69, 9.17) is 4.74 Å². The van der Waals surface area contributed by atoms with Gasteiger partial charge >= 0.3 is 5.92 Å². The van der Waals surface area contributed by atoms with Crippen LogP contribution in [-0.4, -0.2) is 29.4 Å². The largest absolute Gasteiger partial charge is 0.395 e. The molecule has 5 rings (SSSR count). The minimum absolute atomic E-state index is 0.0166. The molecule has 1 N–H and O–H groups in total. The minimum Gasteiger partial charge on any atom is -0.395 e. The highest BCUT2D eigenvalue weighted by Crippen LogP contribution is 2.62. The lowest BCUT2D eigenvalue weighted by molar-refractivity contribution is -0.189. The SMILES string of the molecule is Cc1cccc2c1N1CCOC1(c1cn(CCO)c3c(C)cccc13)C2(F)F. The lowest BCUT2D eigenvalue weighted by atomic mass is 9.93. The van der Waals surface area contributed by atoms with Crippen LogP contribution in [0.3, 0.4) is 0 Å². The Labute approximate surface area is 161 Å². The molecule has 2 aromatic carbocycles. The van der Waals surface area contributed by atoms with E-state index in [1.165, 1.54) is 6.07 Å². The van der Waals surface area contributed by atoms with Crippen molar-refractivity contribution in [1.29, 1.82) is 0 Å². The number of aliphatic hydroxyl groups is 1. The molecule has 28 heavy (non-hydrogen) atoms. The van der Waals surface area contributed by atoms with Gasteiger partial charge in [0, 0.05) is 30.2 Å². The molecule has 1 unspecified atom stereocenters. The van der Waals surface area contributed by atoms with Gasteiger partial charge in [0.05, 0.1) is 30.0 Å². The highest BCUT2D eigenvalue weighted by molar-refractivity contribution is 5.89. The number of anilines is 1. The van der Waals surface area contributed by atoms with Gasteiger partial charge in [-0.3, -0.25) is 0 Å². The fourth-order valence-electron chi connectivity index (χ4n) is 5.00. The number of nitrogens with zero attached hydrogens (tertiary/aromatic N) is 2. The molecule has 3 aromatic rings.